The minimum Gasteiger partial charge on any atom is -0.394 e. The summed E-state index contributed by atoms with van der Waals surface area (Å²) >= 11 is 0. The zero-order valence-corrected chi connectivity index (χ0v) is 30.1. The van der Waals surface area contributed by atoms with Gasteiger partial charge in [0.05, 0.1) is 44.2 Å². The second kappa shape index (κ2) is 18.9. The van der Waals surface area contributed by atoms with Crippen LogP contribution >= 0.6 is 0 Å². The van der Waals surface area contributed by atoms with E-state index in [0.29, 0.717) is 5.56 Å². The van der Waals surface area contributed by atoms with E-state index in [-0.39, 0.29) is 25.6 Å². The molecule has 17 unspecified atom stereocenters. The molecule has 10 N–H and O–H groups in total. The third-order valence-electron chi connectivity index (χ3n) is 10.2. The summed E-state index contributed by atoms with van der Waals surface area (Å²) in [4.78, 5) is 1.67. The third-order valence-corrected chi connectivity index (χ3v) is 10.2. The van der Waals surface area contributed by atoms with E-state index >= 15 is 0 Å². The van der Waals surface area contributed by atoms with Gasteiger partial charge in [0.25, 0.3) is 0 Å². The van der Waals surface area contributed by atoms with Crippen molar-refractivity contribution in [2.45, 2.75) is 131 Å². The van der Waals surface area contributed by atoms with Gasteiger partial charge in [0.1, 0.15) is 73.2 Å². The zero-order chi connectivity index (χ0) is 40.4. The summed E-state index contributed by atoms with van der Waals surface area (Å²) in [7, 11) is 0. The average molecular weight is 804 g/mol. The van der Waals surface area contributed by atoms with Crippen molar-refractivity contribution in [3.63, 3.8) is 0 Å². The van der Waals surface area contributed by atoms with Crippen LogP contribution in [0.25, 0.3) is 0 Å². The summed E-state index contributed by atoms with van der Waals surface area (Å²) in [5, 5.41) is 105. The molecule has 0 spiro atoms. The summed E-state index contributed by atoms with van der Waals surface area (Å²) in [6.07, 6.45) is -30.1. The van der Waals surface area contributed by atoms with Gasteiger partial charge in [-0.3, -0.25) is 4.90 Å². The van der Waals surface area contributed by atoms with Gasteiger partial charge in [0.2, 0.25) is 0 Å². The van der Waals surface area contributed by atoms with Crippen LogP contribution in [-0.2, 0) is 45.9 Å². The lowest BCUT2D eigenvalue weighted by Gasteiger charge is -2.48. The average Bonchev–Trinajstić information content (AvgIpc) is 3.14. The Morgan fingerprint density at radius 3 is 1.98 bits per heavy atom. The molecule has 4 fully saturated rings. The first-order valence-corrected chi connectivity index (χ1v) is 18.0. The zero-order valence-electron chi connectivity index (χ0n) is 30.1. The number of morpholine rings is 1. The Morgan fingerprint density at radius 1 is 0.709 bits per heavy atom. The van der Waals surface area contributed by atoms with Crippen molar-refractivity contribution in [3.8, 4) is 0 Å². The maximum absolute atomic E-state index is 13.3. The molecule has 0 saturated carbocycles. The van der Waals surface area contributed by atoms with E-state index in [1.807, 2.05) is 0 Å². The lowest BCUT2D eigenvalue weighted by Crippen LogP contribution is -2.65. The lowest BCUT2D eigenvalue weighted by molar-refractivity contribution is -0.354. The molecule has 1 aromatic carbocycles. The molecule has 0 bridgehead atoms. The number of alkyl halides is 3. The van der Waals surface area contributed by atoms with Crippen LogP contribution < -0.4 is 0 Å². The summed E-state index contributed by atoms with van der Waals surface area (Å²) in [5.74, 6) is -0.388. The summed E-state index contributed by atoms with van der Waals surface area (Å²) in [6, 6.07) is 4.73. The Labute approximate surface area is 314 Å². The molecule has 0 aromatic heterocycles. The van der Waals surface area contributed by atoms with Gasteiger partial charge in [-0.1, -0.05) is 32.0 Å². The standard InChI is InChI=1S/C34H52F3NO17/c1-14(2)29-27(47)30(55-33-26(46)25(45)22(42)18(11-40)53-33)24(44)20(51-29)13-49-32-28(48)31(23(43)19(12-41)52-32)54-21-9-38(8-17(10-39)50-21)7-15-4-3-5-16(6-15)34(35,36)37/h3-6,14,17-33,39-48H,7-13H2,1-2H3. The van der Waals surface area contributed by atoms with Gasteiger partial charge in [-0.15, -0.1) is 0 Å². The highest BCUT2D eigenvalue weighted by Crippen LogP contribution is 2.34. The van der Waals surface area contributed by atoms with Crippen LogP contribution in [-0.4, -0.2) is 200 Å². The van der Waals surface area contributed by atoms with Crippen molar-refractivity contribution in [2.24, 2.45) is 5.92 Å². The molecule has 5 rings (SSSR count). The number of ether oxygens (including phenoxy) is 7. The van der Waals surface area contributed by atoms with Crippen molar-refractivity contribution < 1.29 is 97.4 Å². The second-order valence-electron chi connectivity index (χ2n) is 14.6. The predicted molar refractivity (Wildman–Crippen MR) is 175 cm³/mol. The predicted octanol–water partition coefficient (Wildman–Crippen LogP) is -3.60. The molecule has 55 heavy (non-hydrogen) atoms. The first-order valence-electron chi connectivity index (χ1n) is 18.0. The van der Waals surface area contributed by atoms with Gasteiger partial charge in [-0.2, -0.15) is 13.2 Å². The number of hydrogen-bond acceptors (Lipinski definition) is 18. The van der Waals surface area contributed by atoms with Crippen LogP contribution in [0.5, 0.6) is 0 Å². The topological polar surface area (TPSA) is 270 Å². The molecule has 4 aliphatic rings. The fraction of sp³-hybridized carbons (Fsp3) is 0.824. The van der Waals surface area contributed by atoms with Crippen LogP contribution in [0.1, 0.15) is 25.0 Å². The fourth-order valence-corrected chi connectivity index (χ4v) is 7.15. The number of aliphatic hydroxyl groups excluding tert-OH is 10. The normalized spacial score (nSPS) is 42.1. The number of benzene rings is 1. The van der Waals surface area contributed by atoms with Crippen molar-refractivity contribution in [1.29, 1.82) is 0 Å². The number of halogens is 3. The molecule has 4 aliphatic heterocycles. The second-order valence-corrected chi connectivity index (χ2v) is 14.6. The number of hydrogen-bond donors (Lipinski definition) is 10. The summed E-state index contributed by atoms with van der Waals surface area (Å²) in [5.41, 5.74) is -0.509. The fourth-order valence-electron chi connectivity index (χ4n) is 7.15. The third kappa shape index (κ3) is 10.3. The Morgan fingerprint density at radius 2 is 1.35 bits per heavy atom. The summed E-state index contributed by atoms with van der Waals surface area (Å²) in [6.45, 7) is 0.928. The van der Waals surface area contributed by atoms with E-state index in [1.54, 1.807) is 18.7 Å². The van der Waals surface area contributed by atoms with Crippen LogP contribution in [0, 0.1) is 5.92 Å². The van der Waals surface area contributed by atoms with E-state index in [1.165, 1.54) is 12.1 Å². The maximum atomic E-state index is 13.3. The lowest BCUT2D eigenvalue weighted by atomic mass is 9.89. The molecular formula is C34H52F3NO17. The summed E-state index contributed by atoms with van der Waals surface area (Å²) < 4.78 is 80.2. The number of nitrogens with zero attached hydrogens (tertiary/aromatic N) is 1. The van der Waals surface area contributed by atoms with Gasteiger partial charge in [-0.25, -0.2) is 0 Å². The Hall–Kier alpha value is -1.71. The van der Waals surface area contributed by atoms with Crippen LogP contribution in [0.4, 0.5) is 13.2 Å². The number of rotatable bonds is 13. The monoisotopic (exact) mass is 803 g/mol. The minimum atomic E-state index is -4.56. The molecule has 0 aliphatic carbocycles. The SMILES string of the molecule is CC(C)C1OC(COC2OC(CO)C(O)C(OC3CN(Cc4cccc(C(F)(F)F)c4)CC(CO)O3)C2O)C(O)C(OC2OC(CO)C(O)C(O)C2O)C1O. The molecule has 17 atom stereocenters. The molecule has 18 nitrogen and oxygen atoms in total. The largest absolute Gasteiger partial charge is 0.416 e. The minimum absolute atomic E-state index is 0.0183. The smallest absolute Gasteiger partial charge is 0.394 e. The van der Waals surface area contributed by atoms with Crippen LogP contribution in [0.3, 0.4) is 0 Å². The molecule has 316 valence electrons. The molecule has 4 heterocycles. The van der Waals surface area contributed by atoms with E-state index in [2.05, 4.69) is 0 Å². The van der Waals surface area contributed by atoms with Gasteiger partial charge >= 0.3 is 6.18 Å². The van der Waals surface area contributed by atoms with Crippen LogP contribution in [0.15, 0.2) is 24.3 Å². The maximum Gasteiger partial charge on any atom is 0.416 e. The highest BCUT2D eigenvalue weighted by atomic mass is 19.4. The molecule has 4 saturated heterocycles. The highest BCUT2D eigenvalue weighted by Gasteiger charge is 2.53. The van der Waals surface area contributed by atoms with Gasteiger partial charge in [0.15, 0.2) is 18.9 Å². The molecule has 1 aromatic rings. The van der Waals surface area contributed by atoms with Gasteiger partial charge < -0.3 is 84.2 Å². The Balaban J connectivity index is 1.26. The Kier molecular flexibility index (Phi) is 15.3. The quantitative estimate of drug-likeness (QED) is 0.0923. The van der Waals surface area contributed by atoms with Crippen molar-refractivity contribution in [2.75, 3.05) is 39.5 Å². The molecule has 0 amide bonds. The van der Waals surface area contributed by atoms with E-state index < -0.39 is 142 Å². The van der Waals surface area contributed by atoms with E-state index in [9.17, 15) is 64.2 Å². The molecular weight excluding hydrogens is 751 g/mol. The van der Waals surface area contributed by atoms with E-state index in [4.69, 9.17) is 33.2 Å². The van der Waals surface area contributed by atoms with Gasteiger partial charge in [0, 0.05) is 19.6 Å². The first-order chi connectivity index (χ1) is 26.0. The molecule has 21 heteroatoms. The van der Waals surface area contributed by atoms with Gasteiger partial charge in [-0.05, 0) is 17.5 Å². The van der Waals surface area contributed by atoms with Crippen molar-refractivity contribution >= 4 is 0 Å². The van der Waals surface area contributed by atoms with Crippen molar-refractivity contribution in [1.82, 2.24) is 4.90 Å². The van der Waals surface area contributed by atoms with E-state index in [0.717, 1.165) is 12.1 Å². The van der Waals surface area contributed by atoms with Crippen LogP contribution in [0.2, 0.25) is 0 Å². The molecule has 0 radical (unpaired) electrons. The number of aliphatic hydroxyl groups is 10. The Bertz CT molecular complexity index is 1350. The van der Waals surface area contributed by atoms with Crippen molar-refractivity contribution in [3.05, 3.63) is 35.4 Å². The first kappa shape index (κ1) is 44.4. The highest BCUT2D eigenvalue weighted by molar-refractivity contribution is 5.25.